The average molecular weight is 467 g/mol. The zero-order valence-electron chi connectivity index (χ0n) is 14.3. The van der Waals surface area contributed by atoms with Gasteiger partial charge in [0.05, 0.1) is 5.02 Å². The molecule has 2 N–H and O–H groups in total. The normalized spacial score (nSPS) is 12.4. The van der Waals surface area contributed by atoms with Gasteiger partial charge in [-0.15, -0.1) is 0 Å². The van der Waals surface area contributed by atoms with Crippen LogP contribution < -0.4 is 5.73 Å². The van der Waals surface area contributed by atoms with Crippen molar-refractivity contribution in [2.75, 3.05) is 0 Å². The van der Waals surface area contributed by atoms with Crippen molar-refractivity contribution in [3.63, 3.8) is 0 Å². The molecule has 29 heavy (non-hydrogen) atoms. The molecule has 0 aliphatic heterocycles. The molecule has 0 radical (unpaired) electrons. The molecule has 0 spiro atoms. The molecule has 2 heterocycles. The molecule has 2 aromatic heterocycles. The largest absolute Gasteiger partial charge is 0.433 e. The number of aromatic nitrogens is 3. The minimum absolute atomic E-state index is 0.0335. The molecule has 0 unspecified atom stereocenters. The summed E-state index contributed by atoms with van der Waals surface area (Å²) >= 11 is 17.7. The summed E-state index contributed by atoms with van der Waals surface area (Å²) < 4.78 is 40.1. The average Bonchev–Trinajstić information content (AvgIpc) is 2.94. The van der Waals surface area contributed by atoms with Crippen LogP contribution in [0.25, 0.3) is 5.65 Å². The van der Waals surface area contributed by atoms with Crippen LogP contribution in [-0.2, 0) is 11.0 Å². The van der Waals surface area contributed by atoms with Gasteiger partial charge in [0.25, 0.3) is 0 Å². The van der Waals surface area contributed by atoms with Gasteiger partial charge in [-0.25, -0.2) is 14.3 Å². The molecule has 7 nitrogen and oxygen atoms in total. The zero-order chi connectivity index (χ0) is 21.5. The standard InChI is InChI=1S/C16H9Cl3F3N5O2/c1-6-4-10(16(20,21)22)27-14(24-6)11(19)12(25-27)15(28)29-26-13(23)8-3-2-7(17)5-9(8)18/h2-5H,1H3,(H2,23,26). The van der Waals surface area contributed by atoms with Crippen molar-refractivity contribution in [2.45, 2.75) is 13.1 Å². The van der Waals surface area contributed by atoms with E-state index in [1.54, 1.807) is 0 Å². The number of alkyl halides is 3. The van der Waals surface area contributed by atoms with Crippen LogP contribution in [0.3, 0.4) is 0 Å². The van der Waals surface area contributed by atoms with Gasteiger partial charge < -0.3 is 10.6 Å². The molecule has 0 fully saturated rings. The Balaban J connectivity index is 1.96. The van der Waals surface area contributed by atoms with E-state index in [4.69, 9.17) is 40.5 Å². The highest BCUT2D eigenvalue weighted by atomic mass is 35.5. The van der Waals surface area contributed by atoms with Gasteiger partial charge in [-0.05, 0) is 31.2 Å². The number of carbonyl (C=O) groups is 1. The second kappa shape index (κ2) is 7.69. The van der Waals surface area contributed by atoms with E-state index in [0.717, 1.165) is 6.07 Å². The zero-order valence-corrected chi connectivity index (χ0v) is 16.5. The predicted octanol–water partition coefficient (Wildman–Crippen LogP) is 4.49. The minimum atomic E-state index is -4.75. The lowest BCUT2D eigenvalue weighted by Crippen LogP contribution is -2.16. The Hall–Kier alpha value is -2.56. The van der Waals surface area contributed by atoms with Crippen molar-refractivity contribution in [1.82, 2.24) is 14.6 Å². The van der Waals surface area contributed by atoms with E-state index in [9.17, 15) is 18.0 Å². The molecule has 0 aliphatic rings. The van der Waals surface area contributed by atoms with Crippen LogP contribution in [0.4, 0.5) is 13.2 Å². The molecular weight excluding hydrogens is 458 g/mol. The highest BCUT2D eigenvalue weighted by Gasteiger charge is 2.36. The van der Waals surface area contributed by atoms with Crippen molar-refractivity contribution in [1.29, 1.82) is 0 Å². The summed E-state index contributed by atoms with van der Waals surface area (Å²) in [5, 5.41) is 7.07. The first kappa shape index (κ1) is 21.2. The highest BCUT2D eigenvalue weighted by molar-refractivity contribution is 6.37. The summed E-state index contributed by atoms with van der Waals surface area (Å²) in [5.41, 5.74) is 3.84. The molecule has 0 amide bonds. The van der Waals surface area contributed by atoms with E-state index in [2.05, 4.69) is 20.1 Å². The Labute approximate surface area is 175 Å². The fourth-order valence-corrected chi connectivity index (χ4v) is 3.07. The molecule has 0 saturated heterocycles. The summed E-state index contributed by atoms with van der Waals surface area (Å²) in [6, 6.07) is 5.09. The summed E-state index contributed by atoms with van der Waals surface area (Å²) in [5.74, 6) is -1.51. The summed E-state index contributed by atoms with van der Waals surface area (Å²) in [7, 11) is 0. The van der Waals surface area contributed by atoms with Crippen molar-refractivity contribution < 1.29 is 22.8 Å². The molecule has 3 rings (SSSR count). The maximum absolute atomic E-state index is 13.2. The number of hydrogen-bond acceptors (Lipinski definition) is 5. The Morgan fingerprint density at radius 1 is 1.24 bits per heavy atom. The van der Waals surface area contributed by atoms with Crippen LogP contribution in [0.15, 0.2) is 29.4 Å². The van der Waals surface area contributed by atoms with Crippen LogP contribution in [0.1, 0.15) is 27.4 Å². The van der Waals surface area contributed by atoms with Gasteiger partial charge in [-0.3, -0.25) is 0 Å². The smallest absolute Gasteiger partial charge is 0.380 e. The molecule has 1 aromatic carbocycles. The van der Waals surface area contributed by atoms with Gasteiger partial charge in [0.1, 0.15) is 10.7 Å². The van der Waals surface area contributed by atoms with Crippen LogP contribution >= 0.6 is 34.8 Å². The Morgan fingerprint density at radius 2 is 1.93 bits per heavy atom. The second-order valence-corrected chi connectivity index (χ2v) is 6.88. The molecule has 0 aliphatic carbocycles. The van der Waals surface area contributed by atoms with E-state index in [0.29, 0.717) is 9.54 Å². The SMILES string of the molecule is Cc1cc(C(F)(F)F)n2nc(C(=O)O/N=C(\N)c3ccc(Cl)cc3Cl)c(Cl)c2n1. The molecule has 152 valence electrons. The first-order valence-corrected chi connectivity index (χ1v) is 8.75. The fraction of sp³-hybridized carbons (Fsp3) is 0.125. The predicted molar refractivity (Wildman–Crippen MR) is 100 cm³/mol. The van der Waals surface area contributed by atoms with Crippen molar-refractivity contribution >= 4 is 52.3 Å². The number of amidine groups is 1. The number of benzene rings is 1. The Bertz CT molecular complexity index is 1160. The van der Waals surface area contributed by atoms with Crippen LogP contribution in [0.5, 0.6) is 0 Å². The quantitative estimate of drug-likeness (QED) is 0.265. The lowest BCUT2D eigenvalue weighted by molar-refractivity contribution is -0.142. The molecule has 0 bridgehead atoms. The lowest BCUT2D eigenvalue weighted by atomic mass is 10.2. The third-order valence-corrected chi connectivity index (χ3v) is 4.47. The number of fused-ring (bicyclic) bond motifs is 1. The molecule has 0 saturated carbocycles. The molecular formula is C16H9Cl3F3N5O2. The fourth-order valence-electron chi connectivity index (χ4n) is 2.33. The number of aryl methyl sites for hydroxylation is 1. The highest BCUT2D eigenvalue weighted by Crippen LogP contribution is 2.32. The van der Waals surface area contributed by atoms with Crippen molar-refractivity contribution in [2.24, 2.45) is 10.9 Å². The summed E-state index contributed by atoms with van der Waals surface area (Å²) in [6.45, 7) is 1.34. The lowest BCUT2D eigenvalue weighted by Gasteiger charge is -2.09. The number of oxime groups is 1. The van der Waals surface area contributed by atoms with Crippen molar-refractivity contribution in [3.05, 3.63) is 62.0 Å². The molecule has 13 heteroatoms. The number of rotatable bonds is 3. The molecule has 3 aromatic rings. The van der Waals surface area contributed by atoms with Gasteiger partial charge in [0.15, 0.2) is 17.2 Å². The van der Waals surface area contributed by atoms with Gasteiger partial charge in [-0.1, -0.05) is 40.0 Å². The van der Waals surface area contributed by atoms with Gasteiger partial charge in [0, 0.05) is 16.3 Å². The summed E-state index contributed by atoms with van der Waals surface area (Å²) in [6.07, 6.45) is -4.75. The van der Waals surface area contributed by atoms with Crippen LogP contribution in [0.2, 0.25) is 15.1 Å². The number of nitrogens with zero attached hydrogens (tertiary/aromatic N) is 4. The van der Waals surface area contributed by atoms with E-state index in [1.165, 1.54) is 25.1 Å². The van der Waals surface area contributed by atoms with Crippen molar-refractivity contribution in [3.8, 4) is 0 Å². The van der Waals surface area contributed by atoms with Crippen LogP contribution in [-0.4, -0.2) is 26.4 Å². The first-order valence-electron chi connectivity index (χ1n) is 7.62. The summed E-state index contributed by atoms with van der Waals surface area (Å²) in [4.78, 5) is 20.8. The number of nitrogens with two attached hydrogens (primary N) is 1. The van der Waals surface area contributed by atoms with Gasteiger partial charge >= 0.3 is 12.1 Å². The number of hydrogen-bond donors (Lipinski definition) is 1. The number of halogens is 6. The van der Waals surface area contributed by atoms with E-state index in [1.807, 2.05) is 0 Å². The topological polar surface area (TPSA) is 94.9 Å². The van der Waals surface area contributed by atoms with Gasteiger partial charge in [-0.2, -0.15) is 18.3 Å². The third-order valence-electron chi connectivity index (χ3n) is 3.58. The third kappa shape index (κ3) is 4.24. The maximum atomic E-state index is 13.2. The van der Waals surface area contributed by atoms with E-state index < -0.39 is 28.6 Å². The Morgan fingerprint density at radius 3 is 2.55 bits per heavy atom. The molecule has 0 atom stereocenters. The van der Waals surface area contributed by atoms with Crippen LogP contribution in [0, 0.1) is 6.92 Å². The monoisotopic (exact) mass is 465 g/mol. The first-order chi connectivity index (χ1) is 13.5. The van der Waals surface area contributed by atoms with E-state index >= 15 is 0 Å². The van der Waals surface area contributed by atoms with Gasteiger partial charge in [0.2, 0.25) is 0 Å². The minimum Gasteiger partial charge on any atom is -0.380 e. The Kier molecular flexibility index (Phi) is 5.61. The van der Waals surface area contributed by atoms with E-state index in [-0.39, 0.29) is 27.8 Å². The maximum Gasteiger partial charge on any atom is 0.433 e. The second-order valence-electron chi connectivity index (χ2n) is 5.66. The number of carbonyl (C=O) groups excluding carboxylic acids is 1.